The summed E-state index contributed by atoms with van der Waals surface area (Å²) in [4.78, 5) is 3.51. The molecule has 13 heavy (non-hydrogen) atoms. The van der Waals surface area contributed by atoms with Crippen molar-refractivity contribution in [1.29, 1.82) is 0 Å². The van der Waals surface area contributed by atoms with Gasteiger partial charge in [0.2, 0.25) is 0 Å². The van der Waals surface area contributed by atoms with Gasteiger partial charge in [-0.3, -0.25) is 0 Å². The Morgan fingerprint density at radius 3 is 2.62 bits per heavy atom. The third-order valence-electron chi connectivity index (χ3n) is 1.86. The van der Waals surface area contributed by atoms with E-state index >= 15 is 0 Å². The number of aromatic nitrogens is 2. The van der Waals surface area contributed by atoms with Crippen LogP contribution >= 0.6 is 0 Å². The molecule has 1 aromatic heterocycles. The van der Waals surface area contributed by atoms with E-state index in [1.54, 1.807) is 6.20 Å². The quantitative estimate of drug-likeness (QED) is 0.685. The monoisotopic (exact) mass is 176 g/mol. The smallest absolute Gasteiger partial charge is 0.289 e. The number of hydrogen-bond donors (Lipinski definition) is 0. The maximum atomic E-state index is 12.9. The molecule has 0 atom stereocenters. The third kappa shape index (κ3) is 1.75. The van der Waals surface area contributed by atoms with Gasteiger partial charge in [0.1, 0.15) is 0 Å². The van der Waals surface area contributed by atoms with Crippen LogP contribution in [0.1, 0.15) is 5.56 Å². The molecule has 3 heteroatoms. The first kappa shape index (κ1) is 7.98. The molecule has 0 saturated heterocycles. The summed E-state index contributed by atoms with van der Waals surface area (Å²) in [5, 5.41) is 0. The molecule has 0 aliphatic carbocycles. The van der Waals surface area contributed by atoms with E-state index in [0.29, 0.717) is 6.54 Å². The molecule has 0 bridgehead atoms. The van der Waals surface area contributed by atoms with Crippen LogP contribution in [0.2, 0.25) is 0 Å². The summed E-state index contributed by atoms with van der Waals surface area (Å²) < 4.78 is 14.4. The van der Waals surface area contributed by atoms with E-state index in [-0.39, 0.29) is 0 Å². The minimum atomic E-state index is -0.441. The summed E-state index contributed by atoms with van der Waals surface area (Å²) in [6.45, 7) is 0.534. The van der Waals surface area contributed by atoms with Crippen LogP contribution in [0.15, 0.2) is 42.7 Å². The van der Waals surface area contributed by atoms with E-state index in [1.807, 2.05) is 30.3 Å². The van der Waals surface area contributed by atoms with Crippen molar-refractivity contribution in [3.63, 3.8) is 0 Å². The van der Waals surface area contributed by atoms with Crippen LogP contribution < -0.4 is 0 Å². The van der Waals surface area contributed by atoms with Crippen LogP contribution in [-0.4, -0.2) is 9.55 Å². The molecule has 0 fully saturated rings. The third-order valence-corrected chi connectivity index (χ3v) is 1.86. The molecule has 0 radical (unpaired) electrons. The Labute approximate surface area is 75.7 Å². The Balaban J connectivity index is 2.20. The molecule has 0 N–H and O–H groups in total. The minimum Gasteiger partial charge on any atom is -0.303 e. The number of nitrogens with zero attached hydrogens (tertiary/aromatic N) is 2. The zero-order valence-corrected chi connectivity index (χ0v) is 7.02. The number of halogens is 1. The fourth-order valence-corrected chi connectivity index (χ4v) is 1.21. The molecule has 0 unspecified atom stereocenters. The molecule has 0 saturated carbocycles. The van der Waals surface area contributed by atoms with Crippen molar-refractivity contribution in [3.05, 3.63) is 54.4 Å². The summed E-state index contributed by atoms with van der Waals surface area (Å²) in [5.41, 5.74) is 1.07. The first-order chi connectivity index (χ1) is 6.36. The van der Waals surface area contributed by atoms with Gasteiger partial charge in [-0.15, -0.1) is 0 Å². The summed E-state index contributed by atoms with van der Waals surface area (Å²) >= 11 is 0. The highest BCUT2D eigenvalue weighted by Gasteiger charge is 1.99. The van der Waals surface area contributed by atoms with Crippen LogP contribution in [0.3, 0.4) is 0 Å². The van der Waals surface area contributed by atoms with Gasteiger partial charge < -0.3 is 4.57 Å². The molecule has 1 aromatic carbocycles. The Bertz CT molecular complexity index is 381. The normalized spacial score (nSPS) is 10.2. The van der Waals surface area contributed by atoms with Gasteiger partial charge in [0.05, 0.1) is 6.54 Å². The van der Waals surface area contributed by atoms with Gasteiger partial charge in [-0.2, -0.15) is 4.39 Å². The van der Waals surface area contributed by atoms with E-state index in [2.05, 4.69) is 4.98 Å². The highest BCUT2D eigenvalue weighted by atomic mass is 19.1. The number of rotatable bonds is 2. The number of imidazole rings is 1. The van der Waals surface area contributed by atoms with Crippen LogP contribution in [0.4, 0.5) is 4.39 Å². The van der Waals surface area contributed by atoms with E-state index in [1.165, 1.54) is 10.8 Å². The average molecular weight is 176 g/mol. The van der Waals surface area contributed by atoms with Gasteiger partial charge in [-0.1, -0.05) is 30.3 Å². The molecular weight excluding hydrogens is 167 g/mol. The number of hydrogen-bond acceptors (Lipinski definition) is 1. The topological polar surface area (TPSA) is 17.8 Å². The van der Waals surface area contributed by atoms with Crippen molar-refractivity contribution in [3.8, 4) is 0 Å². The van der Waals surface area contributed by atoms with Gasteiger partial charge in [0, 0.05) is 12.4 Å². The lowest BCUT2D eigenvalue weighted by Gasteiger charge is -2.01. The largest absolute Gasteiger partial charge is 0.303 e. The molecule has 0 aliphatic rings. The SMILES string of the molecule is Fc1nccn1Cc1ccccc1. The van der Waals surface area contributed by atoms with Gasteiger partial charge in [0.25, 0.3) is 6.08 Å². The fraction of sp³-hybridized carbons (Fsp3) is 0.100. The van der Waals surface area contributed by atoms with Crippen molar-refractivity contribution in [2.45, 2.75) is 6.54 Å². The number of benzene rings is 1. The molecule has 0 amide bonds. The Hall–Kier alpha value is -1.64. The molecular formula is C10H9FN2. The second kappa shape index (κ2) is 3.39. The van der Waals surface area contributed by atoms with Crippen molar-refractivity contribution >= 4 is 0 Å². The maximum absolute atomic E-state index is 12.9. The summed E-state index contributed by atoms with van der Waals surface area (Å²) in [7, 11) is 0. The van der Waals surface area contributed by atoms with Gasteiger partial charge >= 0.3 is 0 Å². The molecule has 0 aliphatic heterocycles. The zero-order chi connectivity index (χ0) is 9.10. The van der Waals surface area contributed by atoms with Crippen LogP contribution in [0.5, 0.6) is 0 Å². The second-order valence-corrected chi connectivity index (χ2v) is 2.81. The predicted octanol–water partition coefficient (Wildman–Crippen LogP) is 2.07. The van der Waals surface area contributed by atoms with Crippen molar-refractivity contribution in [2.75, 3.05) is 0 Å². The Kier molecular flexibility index (Phi) is 2.08. The Morgan fingerprint density at radius 2 is 2.00 bits per heavy atom. The fourth-order valence-electron chi connectivity index (χ4n) is 1.21. The van der Waals surface area contributed by atoms with E-state index in [0.717, 1.165) is 5.56 Å². The highest BCUT2D eigenvalue weighted by molar-refractivity contribution is 5.15. The van der Waals surface area contributed by atoms with Gasteiger partial charge in [-0.25, -0.2) is 4.98 Å². The molecule has 2 aromatic rings. The first-order valence-corrected chi connectivity index (χ1v) is 4.07. The summed E-state index contributed by atoms with van der Waals surface area (Å²) in [6, 6.07) is 9.72. The van der Waals surface area contributed by atoms with Crippen molar-refractivity contribution in [1.82, 2.24) is 9.55 Å². The van der Waals surface area contributed by atoms with Gasteiger partial charge in [-0.05, 0) is 5.56 Å². The molecule has 2 nitrogen and oxygen atoms in total. The lowest BCUT2D eigenvalue weighted by Crippen LogP contribution is -2.00. The van der Waals surface area contributed by atoms with Crippen LogP contribution in [0.25, 0.3) is 0 Å². The average Bonchev–Trinajstić information content (AvgIpc) is 2.54. The lowest BCUT2D eigenvalue weighted by atomic mass is 10.2. The van der Waals surface area contributed by atoms with Crippen LogP contribution in [0, 0.1) is 6.08 Å². The van der Waals surface area contributed by atoms with Crippen LogP contribution in [-0.2, 0) is 6.54 Å². The summed E-state index contributed by atoms with van der Waals surface area (Å²) in [5.74, 6) is 0. The van der Waals surface area contributed by atoms with Crippen molar-refractivity contribution in [2.24, 2.45) is 0 Å². The molecule has 66 valence electrons. The zero-order valence-electron chi connectivity index (χ0n) is 7.02. The highest BCUT2D eigenvalue weighted by Crippen LogP contribution is 2.03. The predicted molar refractivity (Wildman–Crippen MR) is 47.7 cm³/mol. The van der Waals surface area contributed by atoms with E-state index < -0.39 is 6.08 Å². The van der Waals surface area contributed by atoms with E-state index in [9.17, 15) is 4.39 Å². The lowest BCUT2D eigenvalue weighted by molar-refractivity contribution is 0.484. The van der Waals surface area contributed by atoms with E-state index in [4.69, 9.17) is 0 Å². The minimum absolute atomic E-state index is 0.441. The van der Waals surface area contributed by atoms with Crippen molar-refractivity contribution < 1.29 is 4.39 Å². The molecule has 0 spiro atoms. The summed E-state index contributed by atoms with van der Waals surface area (Å²) in [6.07, 6.45) is 2.64. The first-order valence-electron chi connectivity index (χ1n) is 4.07. The standard InChI is InChI=1S/C10H9FN2/c11-10-12-6-7-13(10)8-9-4-2-1-3-5-9/h1-7H,8H2. The molecule has 2 rings (SSSR count). The maximum Gasteiger partial charge on any atom is 0.289 e. The molecule has 1 heterocycles. The second-order valence-electron chi connectivity index (χ2n) is 2.81. The van der Waals surface area contributed by atoms with Gasteiger partial charge in [0.15, 0.2) is 0 Å². The Morgan fingerprint density at radius 1 is 1.23 bits per heavy atom.